The van der Waals surface area contributed by atoms with Gasteiger partial charge in [-0.15, -0.1) is 0 Å². The van der Waals surface area contributed by atoms with Gasteiger partial charge in [0, 0.05) is 86.2 Å². The van der Waals surface area contributed by atoms with Gasteiger partial charge in [-0.05, 0) is 82.2 Å². The summed E-state index contributed by atoms with van der Waals surface area (Å²) >= 11 is 0. The first kappa shape index (κ1) is 58.1. The molecule has 2 unspecified atom stereocenters. The molecule has 418 valence electrons. The van der Waals surface area contributed by atoms with Gasteiger partial charge in [-0.3, -0.25) is 19.9 Å². The van der Waals surface area contributed by atoms with Crippen molar-refractivity contribution >= 4 is 29.8 Å². The topological polar surface area (TPSA) is 214 Å². The van der Waals surface area contributed by atoms with E-state index in [4.69, 9.17) is 4.74 Å². The van der Waals surface area contributed by atoms with Crippen molar-refractivity contribution in [3.63, 3.8) is 0 Å². The number of ether oxygens (including phenoxy) is 3. The molecule has 26 heteroatoms. The van der Waals surface area contributed by atoms with Crippen LogP contribution < -0.4 is 21.0 Å². The van der Waals surface area contributed by atoms with E-state index in [1.165, 1.54) is 18.5 Å². The summed E-state index contributed by atoms with van der Waals surface area (Å²) in [5.41, 5.74) is -3.14. The predicted molar refractivity (Wildman–Crippen MR) is 260 cm³/mol. The van der Waals surface area contributed by atoms with Gasteiger partial charge in [-0.25, -0.2) is 43.3 Å². The summed E-state index contributed by atoms with van der Waals surface area (Å²) in [4.78, 5) is 75.1. The molecular formula is C51H60F8N10O8. The van der Waals surface area contributed by atoms with E-state index in [0.29, 0.717) is 73.5 Å². The lowest BCUT2D eigenvalue weighted by Crippen LogP contribution is -2.62. The van der Waals surface area contributed by atoms with Crippen molar-refractivity contribution in [3.8, 4) is 22.5 Å². The first-order chi connectivity index (χ1) is 36.2. The maximum Gasteiger partial charge on any atom is 0.407 e. The third kappa shape index (κ3) is 13.2. The fraction of sp³-hybridized carbons (Fsp3) is 0.529. The van der Waals surface area contributed by atoms with Crippen LogP contribution in [0.2, 0.25) is 0 Å². The largest absolute Gasteiger partial charge is 0.453 e. The van der Waals surface area contributed by atoms with Crippen LogP contribution in [0.1, 0.15) is 58.1 Å². The molecule has 7 rings (SSSR count). The van der Waals surface area contributed by atoms with E-state index >= 15 is 8.78 Å². The molecule has 6 atom stereocenters. The number of piperazine rings is 1. The van der Waals surface area contributed by atoms with E-state index in [2.05, 4.69) is 44.6 Å². The molecule has 3 aliphatic rings. The molecule has 2 aromatic heterocycles. The number of Topliss-reactive ketones (excluding diaryl/α,β-unsaturated/α-hetero) is 1. The van der Waals surface area contributed by atoms with Crippen molar-refractivity contribution in [1.29, 1.82) is 0 Å². The number of nitrogens with zero attached hydrogens (tertiary/aromatic N) is 7. The highest BCUT2D eigenvalue weighted by molar-refractivity contribution is 5.89. The Morgan fingerprint density at radius 2 is 1.30 bits per heavy atom. The number of alkyl carbamates (subject to hydrolysis) is 2. The smallest absolute Gasteiger partial charge is 0.407 e. The molecule has 0 spiro atoms. The van der Waals surface area contributed by atoms with Gasteiger partial charge in [0.1, 0.15) is 23.7 Å². The van der Waals surface area contributed by atoms with Gasteiger partial charge in [-0.1, -0.05) is 24.3 Å². The molecule has 3 amide bonds. The number of hydrazine groups is 1. The quantitative estimate of drug-likeness (QED) is 0.0545. The minimum Gasteiger partial charge on any atom is -0.453 e. The number of aliphatic hydroxyl groups is 1. The standard InChI is InChI=1S/C51H60F8N10O8/c1-48(2,50(54,55)56)41(64-46(73)75-5)39(70)19-30(16-28-8-10-29(11-9-28)32-20-62-45(63-21-32)67-22-33-12-13-34(23-67)69(33)35-26-77-27-35)40(71)25-68(66-44(72)42(65-47(74)76-6)49(3,4)51(57,58)59)24-36-37(52)17-31(18-38(36)53)43-60-14-7-15-61-43/h7-11,14-15,17-18,20-21,30,33-35,40-42,71H,12-13,16,19,22-27H2,1-6H3,(H,64,73)(H,65,74)(H,66,72)/t30-,33?,34?,40+,41-,42-/m1/s1. The zero-order valence-corrected chi connectivity index (χ0v) is 42.9. The number of benzene rings is 2. The average molecular weight is 1090 g/mol. The fourth-order valence-corrected chi connectivity index (χ4v) is 9.77. The van der Waals surface area contributed by atoms with Gasteiger partial charge in [0.2, 0.25) is 5.95 Å². The summed E-state index contributed by atoms with van der Waals surface area (Å²) < 4.78 is 134. The number of carbonyl (C=O) groups excluding carboxylic acids is 4. The highest BCUT2D eigenvalue weighted by atomic mass is 19.4. The summed E-state index contributed by atoms with van der Waals surface area (Å²) in [7, 11) is 1.69. The van der Waals surface area contributed by atoms with E-state index in [9.17, 15) is 50.6 Å². The molecule has 5 heterocycles. The molecule has 4 N–H and O–H groups in total. The molecule has 0 aliphatic carbocycles. The van der Waals surface area contributed by atoms with Crippen LogP contribution in [0, 0.1) is 28.4 Å². The number of aliphatic hydroxyl groups excluding tert-OH is 1. The van der Waals surface area contributed by atoms with Crippen LogP contribution in [-0.4, -0.2) is 155 Å². The Labute approximate surface area is 438 Å². The van der Waals surface area contributed by atoms with E-state index < -0.39 is 108 Å². The van der Waals surface area contributed by atoms with Crippen molar-refractivity contribution in [1.82, 2.24) is 45.9 Å². The second kappa shape index (κ2) is 23.5. The lowest BCUT2D eigenvalue weighted by atomic mass is 9.77. The number of nitrogens with one attached hydrogen (secondary N) is 3. The Bertz CT molecular complexity index is 2680. The fourth-order valence-electron chi connectivity index (χ4n) is 9.77. The SMILES string of the molecule is COC(=O)N[C@H](C(=O)C[C@@H](Cc1ccc(-c2cnc(N3CC4CCC(C3)N4C3COC3)nc2)cc1)[C@@H](O)CN(Cc1c(F)cc(-c2ncccn2)cc1F)NC(=O)[C@@H](NC(=O)OC)C(C)(C)C(F)(F)F)C(C)(C)C(F)(F)F. The number of halogens is 8. The summed E-state index contributed by atoms with van der Waals surface area (Å²) in [5.74, 6) is -6.36. The van der Waals surface area contributed by atoms with Crippen molar-refractivity contribution in [3.05, 3.63) is 90.0 Å². The number of fused-ring (bicyclic) bond motifs is 2. The van der Waals surface area contributed by atoms with Crippen LogP contribution in [0.15, 0.2) is 67.3 Å². The van der Waals surface area contributed by atoms with Gasteiger partial charge >= 0.3 is 24.5 Å². The maximum absolute atomic E-state index is 16.0. The number of methoxy groups -OCH3 is 2. The molecule has 4 aromatic rings. The lowest BCUT2D eigenvalue weighted by Gasteiger charge is -2.47. The predicted octanol–water partition coefficient (Wildman–Crippen LogP) is 6.57. The summed E-state index contributed by atoms with van der Waals surface area (Å²) in [6.45, 7) is 3.49. The number of aromatic nitrogens is 4. The number of amides is 3. The van der Waals surface area contributed by atoms with Crippen molar-refractivity contribution in [2.45, 2.75) is 109 Å². The molecule has 18 nitrogen and oxygen atoms in total. The normalized spacial score (nSPS) is 18.9. The molecule has 3 fully saturated rings. The van der Waals surface area contributed by atoms with E-state index in [-0.39, 0.29) is 17.8 Å². The molecule has 0 radical (unpaired) electrons. The Kier molecular flexibility index (Phi) is 17.7. The van der Waals surface area contributed by atoms with Crippen LogP contribution >= 0.6 is 0 Å². The van der Waals surface area contributed by atoms with Gasteiger partial charge < -0.3 is 34.9 Å². The molecule has 0 saturated carbocycles. The lowest BCUT2D eigenvalue weighted by molar-refractivity contribution is -0.221. The van der Waals surface area contributed by atoms with Crippen LogP contribution in [-0.2, 0) is 36.8 Å². The highest BCUT2D eigenvalue weighted by Crippen LogP contribution is 2.43. The number of carbonyl (C=O) groups is 4. The third-order valence-corrected chi connectivity index (χ3v) is 14.7. The minimum atomic E-state index is -5.18. The number of alkyl halides is 6. The molecular weight excluding hydrogens is 1030 g/mol. The molecule has 2 bridgehead atoms. The van der Waals surface area contributed by atoms with Crippen LogP contribution in [0.5, 0.6) is 0 Å². The number of hydrogen-bond acceptors (Lipinski definition) is 15. The van der Waals surface area contributed by atoms with Crippen molar-refractivity contribution in [2.24, 2.45) is 16.7 Å². The number of ketones is 1. The zero-order chi connectivity index (χ0) is 56.2. The summed E-state index contributed by atoms with van der Waals surface area (Å²) in [6.07, 6.45) is -8.27. The Morgan fingerprint density at radius 1 is 0.766 bits per heavy atom. The average Bonchev–Trinajstić information content (AvgIpc) is 3.62. The Balaban J connectivity index is 1.20. The molecule has 3 saturated heterocycles. The zero-order valence-electron chi connectivity index (χ0n) is 42.9. The van der Waals surface area contributed by atoms with Crippen molar-refractivity contribution in [2.75, 3.05) is 52.0 Å². The molecule has 2 aromatic carbocycles. The van der Waals surface area contributed by atoms with Gasteiger partial charge in [-0.2, -0.15) is 26.3 Å². The molecule has 3 aliphatic heterocycles. The van der Waals surface area contributed by atoms with Crippen LogP contribution in [0.3, 0.4) is 0 Å². The van der Waals surface area contributed by atoms with Crippen LogP contribution in [0.25, 0.3) is 22.5 Å². The monoisotopic (exact) mass is 1090 g/mol. The summed E-state index contributed by atoms with van der Waals surface area (Å²) in [6, 6.07) is 6.03. The van der Waals surface area contributed by atoms with Gasteiger partial charge in [0.05, 0.1) is 50.4 Å². The second-order valence-electron chi connectivity index (χ2n) is 20.5. The summed E-state index contributed by atoms with van der Waals surface area (Å²) in [5, 5.41) is 16.6. The first-order valence-corrected chi connectivity index (χ1v) is 24.6. The third-order valence-electron chi connectivity index (χ3n) is 14.7. The Morgan fingerprint density at radius 3 is 1.81 bits per heavy atom. The van der Waals surface area contributed by atoms with Crippen molar-refractivity contribution < 1.29 is 73.6 Å². The number of hydrogen-bond donors (Lipinski definition) is 4. The highest BCUT2D eigenvalue weighted by Gasteiger charge is 2.57. The number of rotatable bonds is 20. The second-order valence-corrected chi connectivity index (χ2v) is 20.5. The minimum absolute atomic E-state index is 0.0875. The van der Waals surface area contributed by atoms with Crippen LogP contribution in [0.4, 0.5) is 50.7 Å². The van der Waals surface area contributed by atoms with E-state index in [1.807, 2.05) is 10.6 Å². The van der Waals surface area contributed by atoms with E-state index in [0.717, 1.165) is 65.5 Å². The van der Waals surface area contributed by atoms with E-state index in [1.54, 1.807) is 36.7 Å². The first-order valence-electron chi connectivity index (χ1n) is 24.6. The Hall–Kier alpha value is -6.64. The van der Waals surface area contributed by atoms with Gasteiger partial charge in [0.15, 0.2) is 11.6 Å². The molecule has 77 heavy (non-hydrogen) atoms. The number of anilines is 1. The van der Waals surface area contributed by atoms with Gasteiger partial charge in [0.25, 0.3) is 5.91 Å². The maximum atomic E-state index is 16.0.